The zero-order chi connectivity index (χ0) is 19.7. The van der Waals surface area contributed by atoms with Crippen LogP contribution < -0.4 is 5.73 Å². The van der Waals surface area contributed by atoms with Crippen LogP contribution in [0.2, 0.25) is 0 Å². The zero-order valence-corrected chi connectivity index (χ0v) is 16.3. The summed E-state index contributed by atoms with van der Waals surface area (Å²) in [6.45, 7) is 1.49. The third-order valence-electron chi connectivity index (χ3n) is 4.22. The van der Waals surface area contributed by atoms with Crippen LogP contribution in [0, 0.1) is 0 Å². The highest BCUT2D eigenvalue weighted by molar-refractivity contribution is 7.91. The summed E-state index contributed by atoms with van der Waals surface area (Å²) in [5.74, 6) is -0.245. The first-order valence-corrected chi connectivity index (χ1v) is 10.5. The molecule has 0 aliphatic heterocycles. The summed E-state index contributed by atoms with van der Waals surface area (Å²) in [5, 5.41) is 0. The average molecular weight is 391 g/mol. The van der Waals surface area contributed by atoms with Gasteiger partial charge in [-0.25, -0.2) is 8.42 Å². The van der Waals surface area contributed by atoms with E-state index in [1.165, 1.54) is 19.2 Å². The van der Waals surface area contributed by atoms with Crippen molar-refractivity contribution in [2.24, 2.45) is 5.73 Å². The Morgan fingerprint density at radius 1 is 1.04 bits per heavy atom. The molecule has 0 aromatic heterocycles. The van der Waals surface area contributed by atoms with E-state index in [0.717, 1.165) is 12.0 Å². The van der Waals surface area contributed by atoms with E-state index in [4.69, 9.17) is 10.5 Å². The number of hydrogen-bond acceptors (Lipinski definition) is 5. The van der Waals surface area contributed by atoms with Crippen molar-refractivity contribution in [3.05, 3.63) is 65.7 Å². The molecule has 146 valence electrons. The maximum Gasteiger partial charge on any atom is 0.253 e. The molecule has 0 saturated heterocycles. The van der Waals surface area contributed by atoms with Crippen molar-refractivity contribution in [3.63, 3.8) is 0 Å². The van der Waals surface area contributed by atoms with E-state index in [-0.39, 0.29) is 23.2 Å². The SMILES string of the molecule is COCCS(=O)(=O)c1ccc(C(=O)N(CCN)CCc2ccccc2)cc1. The molecule has 0 spiro atoms. The van der Waals surface area contributed by atoms with Crippen LogP contribution in [0.4, 0.5) is 0 Å². The first-order valence-electron chi connectivity index (χ1n) is 8.83. The highest BCUT2D eigenvalue weighted by Crippen LogP contribution is 2.14. The molecule has 0 aliphatic rings. The van der Waals surface area contributed by atoms with E-state index in [0.29, 0.717) is 25.2 Å². The second-order valence-electron chi connectivity index (χ2n) is 6.15. The highest BCUT2D eigenvalue weighted by atomic mass is 32.2. The standard InChI is InChI=1S/C20H26N2O4S/c1-26-15-16-27(24,25)19-9-7-18(8-10-19)20(23)22(14-12-21)13-11-17-5-3-2-4-6-17/h2-10H,11-16,21H2,1H3. The van der Waals surface area contributed by atoms with E-state index in [9.17, 15) is 13.2 Å². The quantitative estimate of drug-likeness (QED) is 0.668. The fourth-order valence-corrected chi connectivity index (χ4v) is 3.85. The van der Waals surface area contributed by atoms with Gasteiger partial charge in [-0.05, 0) is 36.2 Å². The van der Waals surface area contributed by atoms with Crippen molar-refractivity contribution < 1.29 is 17.9 Å². The summed E-state index contributed by atoms with van der Waals surface area (Å²) < 4.78 is 29.2. The molecule has 0 radical (unpaired) electrons. The van der Waals surface area contributed by atoms with E-state index < -0.39 is 9.84 Å². The molecular formula is C20H26N2O4S. The predicted molar refractivity (Wildman–Crippen MR) is 105 cm³/mol. The van der Waals surface area contributed by atoms with Crippen molar-refractivity contribution >= 4 is 15.7 Å². The minimum atomic E-state index is -3.41. The maximum absolute atomic E-state index is 12.8. The Morgan fingerprint density at radius 2 is 1.70 bits per heavy atom. The number of carbonyl (C=O) groups is 1. The van der Waals surface area contributed by atoms with E-state index in [1.54, 1.807) is 17.0 Å². The van der Waals surface area contributed by atoms with Crippen LogP contribution in [0.15, 0.2) is 59.5 Å². The number of ether oxygens (including phenoxy) is 1. The summed E-state index contributed by atoms with van der Waals surface area (Å²) >= 11 is 0. The Bertz CT molecular complexity index is 821. The second-order valence-corrected chi connectivity index (χ2v) is 8.26. The summed E-state index contributed by atoms with van der Waals surface area (Å²) in [6, 6.07) is 16.0. The maximum atomic E-state index is 12.8. The number of sulfone groups is 1. The normalized spacial score (nSPS) is 11.3. The van der Waals surface area contributed by atoms with Crippen molar-refractivity contribution in [2.75, 3.05) is 39.1 Å². The van der Waals surface area contributed by atoms with Gasteiger partial charge < -0.3 is 15.4 Å². The van der Waals surface area contributed by atoms with Gasteiger partial charge in [0.25, 0.3) is 5.91 Å². The molecule has 0 bridgehead atoms. The number of methoxy groups -OCH3 is 1. The third kappa shape index (κ3) is 6.16. The van der Waals surface area contributed by atoms with Crippen LogP contribution in [0.1, 0.15) is 15.9 Å². The van der Waals surface area contributed by atoms with Crippen LogP contribution in [0.5, 0.6) is 0 Å². The Kier molecular flexibility index (Phi) is 7.97. The Hall–Kier alpha value is -2.22. The lowest BCUT2D eigenvalue weighted by molar-refractivity contribution is 0.0762. The Balaban J connectivity index is 2.08. The van der Waals surface area contributed by atoms with Gasteiger partial charge >= 0.3 is 0 Å². The van der Waals surface area contributed by atoms with Gasteiger partial charge in [-0.2, -0.15) is 0 Å². The zero-order valence-electron chi connectivity index (χ0n) is 15.5. The minimum absolute atomic E-state index is 0.0901. The molecule has 0 heterocycles. The molecule has 0 unspecified atom stereocenters. The summed E-state index contributed by atoms with van der Waals surface area (Å²) in [6.07, 6.45) is 0.732. The number of carbonyl (C=O) groups excluding carboxylic acids is 1. The van der Waals surface area contributed by atoms with Gasteiger partial charge in [-0.1, -0.05) is 30.3 Å². The van der Waals surface area contributed by atoms with Gasteiger partial charge in [0.15, 0.2) is 9.84 Å². The van der Waals surface area contributed by atoms with Gasteiger partial charge in [0.2, 0.25) is 0 Å². The van der Waals surface area contributed by atoms with E-state index >= 15 is 0 Å². The molecule has 2 aromatic rings. The Morgan fingerprint density at radius 3 is 2.30 bits per heavy atom. The molecule has 0 aliphatic carbocycles. The van der Waals surface area contributed by atoms with Gasteiger partial charge in [0.05, 0.1) is 17.3 Å². The molecule has 0 fully saturated rings. The minimum Gasteiger partial charge on any atom is -0.384 e. The number of rotatable bonds is 10. The largest absolute Gasteiger partial charge is 0.384 e. The smallest absolute Gasteiger partial charge is 0.253 e. The van der Waals surface area contributed by atoms with E-state index in [1.807, 2.05) is 30.3 Å². The first kappa shape index (κ1) is 21.1. The summed E-state index contributed by atoms with van der Waals surface area (Å²) in [7, 11) is -1.95. The van der Waals surface area contributed by atoms with Crippen LogP contribution in [0.3, 0.4) is 0 Å². The Labute approximate surface area is 160 Å². The highest BCUT2D eigenvalue weighted by Gasteiger charge is 2.18. The lowest BCUT2D eigenvalue weighted by Gasteiger charge is -2.22. The molecule has 7 heteroatoms. The van der Waals surface area contributed by atoms with Gasteiger partial charge in [-0.15, -0.1) is 0 Å². The molecule has 27 heavy (non-hydrogen) atoms. The number of nitrogens with zero attached hydrogens (tertiary/aromatic N) is 1. The lowest BCUT2D eigenvalue weighted by Crippen LogP contribution is -2.37. The number of hydrogen-bond donors (Lipinski definition) is 1. The van der Waals surface area contributed by atoms with Crippen molar-refractivity contribution in [3.8, 4) is 0 Å². The monoisotopic (exact) mass is 390 g/mol. The predicted octanol–water partition coefficient (Wildman–Crippen LogP) is 1.75. The number of benzene rings is 2. The van der Waals surface area contributed by atoms with Crippen molar-refractivity contribution in [1.82, 2.24) is 4.90 Å². The topological polar surface area (TPSA) is 89.7 Å². The second kappa shape index (κ2) is 10.2. The molecule has 2 rings (SSSR count). The van der Waals surface area contributed by atoms with Crippen molar-refractivity contribution in [1.29, 1.82) is 0 Å². The van der Waals surface area contributed by atoms with Crippen molar-refractivity contribution in [2.45, 2.75) is 11.3 Å². The molecular weight excluding hydrogens is 364 g/mol. The average Bonchev–Trinajstić information content (AvgIpc) is 2.70. The van der Waals surface area contributed by atoms with Gasteiger partial charge in [0.1, 0.15) is 0 Å². The molecule has 2 N–H and O–H groups in total. The summed E-state index contributed by atoms with van der Waals surface area (Å²) in [4.78, 5) is 14.7. The molecule has 6 nitrogen and oxygen atoms in total. The molecule has 1 amide bonds. The molecule has 0 saturated carbocycles. The van der Waals surface area contributed by atoms with Crippen LogP contribution in [-0.4, -0.2) is 58.3 Å². The van der Waals surface area contributed by atoms with Gasteiger partial charge in [0, 0.05) is 32.3 Å². The first-order chi connectivity index (χ1) is 13.0. The van der Waals surface area contributed by atoms with E-state index in [2.05, 4.69) is 0 Å². The van der Waals surface area contributed by atoms with Crippen LogP contribution in [0.25, 0.3) is 0 Å². The lowest BCUT2D eigenvalue weighted by atomic mass is 10.1. The van der Waals surface area contributed by atoms with Crippen LogP contribution >= 0.6 is 0 Å². The number of amides is 1. The number of nitrogens with two attached hydrogens (primary N) is 1. The fourth-order valence-electron chi connectivity index (χ4n) is 2.68. The molecule has 2 aromatic carbocycles. The molecule has 0 atom stereocenters. The summed E-state index contributed by atoms with van der Waals surface area (Å²) in [5.41, 5.74) is 7.25. The van der Waals surface area contributed by atoms with Crippen LogP contribution in [-0.2, 0) is 21.0 Å². The van der Waals surface area contributed by atoms with Gasteiger partial charge in [-0.3, -0.25) is 4.79 Å². The fraction of sp³-hybridized carbons (Fsp3) is 0.350. The third-order valence-corrected chi connectivity index (χ3v) is 5.91.